The van der Waals surface area contributed by atoms with Gasteiger partial charge in [0, 0.05) is 26.6 Å². The van der Waals surface area contributed by atoms with Crippen LogP contribution in [-0.4, -0.2) is 50.7 Å². The molecule has 1 unspecified atom stereocenters. The van der Waals surface area contributed by atoms with E-state index in [-0.39, 0.29) is 12.3 Å². The third-order valence-corrected chi connectivity index (χ3v) is 2.07. The summed E-state index contributed by atoms with van der Waals surface area (Å²) in [4.78, 5) is 32.9. The maximum atomic E-state index is 11.3. The number of ether oxygens (including phenoxy) is 1. The van der Waals surface area contributed by atoms with Gasteiger partial charge in [0.05, 0.1) is 12.6 Å². The Morgan fingerprint density at radius 2 is 1.94 bits per heavy atom. The molecule has 0 aliphatic rings. The van der Waals surface area contributed by atoms with Gasteiger partial charge in [-0.1, -0.05) is 0 Å². The number of hydrogen-bond donors (Lipinski definition) is 4. The maximum absolute atomic E-state index is 11.3. The molecule has 104 valence electrons. The number of methoxy groups -OCH3 is 1. The summed E-state index contributed by atoms with van der Waals surface area (Å²) in [7, 11) is 1.55. The molecule has 0 fully saturated rings. The Kier molecular flexibility index (Phi) is 8.50. The van der Waals surface area contributed by atoms with Gasteiger partial charge in [0.15, 0.2) is 0 Å². The minimum Gasteiger partial charge on any atom is -0.383 e. The van der Waals surface area contributed by atoms with E-state index in [0.29, 0.717) is 19.7 Å². The summed E-state index contributed by atoms with van der Waals surface area (Å²) in [5.74, 6) is -0.663. The summed E-state index contributed by atoms with van der Waals surface area (Å²) >= 11 is 0. The Bertz CT molecular complexity index is 296. The van der Waals surface area contributed by atoms with Crippen molar-refractivity contribution in [3.8, 4) is 0 Å². The number of amides is 4. The molecule has 0 aromatic heterocycles. The van der Waals surface area contributed by atoms with Gasteiger partial charge < -0.3 is 21.1 Å². The molecule has 4 amide bonds. The van der Waals surface area contributed by atoms with Crippen molar-refractivity contribution in [2.75, 3.05) is 26.8 Å². The molecule has 0 saturated carbocycles. The summed E-state index contributed by atoms with van der Waals surface area (Å²) in [6.07, 6.45) is 0.234. The van der Waals surface area contributed by atoms with Gasteiger partial charge in [-0.2, -0.15) is 0 Å². The number of primary amides is 1. The van der Waals surface area contributed by atoms with E-state index in [1.54, 1.807) is 14.0 Å². The van der Waals surface area contributed by atoms with Crippen molar-refractivity contribution >= 4 is 17.8 Å². The molecular formula is C10H20N4O4. The van der Waals surface area contributed by atoms with Gasteiger partial charge in [-0.3, -0.25) is 14.9 Å². The lowest BCUT2D eigenvalue weighted by molar-refractivity contribution is -0.123. The SMILES string of the molecule is COCCNC(=O)CCNC(C)C(=O)NC(N)=O. The van der Waals surface area contributed by atoms with E-state index in [0.717, 1.165) is 0 Å². The van der Waals surface area contributed by atoms with Crippen molar-refractivity contribution in [1.29, 1.82) is 0 Å². The zero-order valence-corrected chi connectivity index (χ0v) is 10.6. The van der Waals surface area contributed by atoms with Crippen LogP contribution in [0.3, 0.4) is 0 Å². The number of nitrogens with two attached hydrogens (primary N) is 1. The monoisotopic (exact) mass is 260 g/mol. The fraction of sp³-hybridized carbons (Fsp3) is 0.700. The quantitative estimate of drug-likeness (QED) is 0.388. The molecule has 0 aromatic carbocycles. The molecular weight excluding hydrogens is 240 g/mol. The highest BCUT2D eigenvalue weighted by atomic mass is 16.5. The van der Waals surface area contributed by atoms with Crippen LogP contribution in [0.4, 0.5) is 4.79 Å². The second-order valence-electron chi connectivity index (χ2n) is 3.62. The van der Waals surface area contributed by atoms with E-state index < -0.39 is 18.0 Å². The zero-order chi connectivity index (χ0) is 14.0. The first-order valence-electron chi connectivity index (χ1n) is 5.56. The van der Waals surface area contributed by atoms with Gasteiger partial charge in [0.25, 0.3) is 0 Å². The van der Waals surface area contributed by atoms with E-state index in [1.807, 2.05) is 5.32 Å². The fourth-order valence-electron chi connectivity index (χ4n) is 1.11. The molecule has 5 N–H and O–H groups in total. The summed E-state index contributed by atoms with van der Waals surface area (Å²) in [5, 5.41) is 7.38. The summed E-state index contributed by atoms with van der Waals surface area (Å²) in [5.41, 5.74) is 4.80. The molecule has 0 aliphatic carbocycles. The average Bonchev–Trinajstić information content (AvgIpc) is 2.28. The Morgan fingerprint density at radius 1 is 1.28 bits per heavy atom. The Hall–Kier alpha value is -1.67. The summed E-state index contributed by atoms with van der Waals surface area (Å²) in [6.45, 7) is 2.80. The normalized spacial score (nSPS) is 11.7. The van der Waals surface area contributed by atoms with E-state index in [4.69, 9.17) is 10.5 Å². The topological polar surface area (TPSA) is 123 Å². The standard InChI is InChI=1S/C10H20N4O4/c1-7(9(16)14-10(11)17)12-4-3-8(15)13-5-6-18-2/h7,12H,3-6H2,1-2H3,(H,13,15)(H3,11,14,16,17). The highest BCUT2D eigenvalue weighted by molar-refractivity contribution is 5.96. The lowest BCUT2D eigenvalue weighted by atomic mass is 10.3. The lowest BCUT2D eigenvalue weighted by Gasteiger charge is -2.12. The van der Waals surface area contributed by atoms with Gasteiger partial charge in [0.2, 0.25) is 11.8 Å². The van der Waals surface area contributed by atoms with Crippen LogP contribution >= 0.6 is 0 Å². The molecule has 0 rings (SSSR count). The number of carbonyl (C=O) groups is 3. The first kappa shape index (κ1) is 16.3. The van der Waals surface area contributed by atoms with Crippen molar-refractivity contribution in [1.82, 2.24) is 16.0 Å². The molecule has 0 heterocycles. The summed E-state index contributed by atoms with van der Waals surface area (Å²) < 4.78 is 4.78. The molecule has 0 aromatic rings. The van der Waals surface area contributed by atoms with Crippen LogP contribution in [0.15, 0.2) is 0 Å². The maximum Gasteiger partial charge on any atom is 0.318 e. The Labute approximate surface area is 106 Å². The largest absolute Gasteiger partial charge is 0.383 e. The van der Waals surface area contributed by atoms with Gasteiger partial charge >= 0.3 is 6.03 Å². The van der Waals surface area contributed by atoms with Gasteiger partial charge in [-0.05, 0) is 6.92 Å². The van der Waals surface area contributed by atoms with Crippen molar-refractivity contribution in [3.05, 3.63) is 0 Å². The number of carbonyl (C=O) groups excluding carboxylic acids is 3. The predicted molar refractivity (Wildman–Crippen MR) is 64.7 cm³/mol. The fourth-order valence-corrected chi connectivity index (χ4v) is 1.11. The van der Waals surface area contributed by atoms with Crippen LogP contribution in [0, 0.1) is 0 Å². The Balaban J connectivity index is 3.67. The van der Waals surface area contributed by atoms with Crippen LogP contribution < -0.4 is 21.7 Å². The highest BCUT2D eigenvalue weighted by Gasteiger charge is 2.13. The van der Waals surface area contributed by atoms with E-state index in [1.165, 1.54) is 0 Å². The van der Waals surface area contributed by atoms with Gasteiger partial charge in [0.1, 0.15) is 0 Å². The van der Waals surface area contributed by atoms with Crippen LogP contribution in [-0.2, 0) is 14.3 Å². The third kappa shape index (κ3) is 8.48. The molecule has 0 radical (unpaired) electrons. The predicted octanol–water partition coefficient (Wildman–Crippen LogP) is -1.69. The van der Waals surface area contributed by atoms with Gasteiger partial charge in [-0.25, -0.2) is 4.79 Å². The van der Waals surface area contributed by atoms with Crippen LogP contribution in [0.25, 0.3) is 0 Å². The first-order chi connectivity index (χ1) is 8.47. The third-order valence-electron chi connectivity index (χ3n) is 2.07. The van der Waals surface area contributed by atoms with Crippen LogP contribution in [0.2, 0.25) is 0 Å². The molecule has 1 atom stereocenters. The minimum absolute atomic E-state index is 0.137. The average molecular weight is 260 g/mol. The molecule has 8 nitrogen and oxygen atoms in total. The number of urea groups is 1. The Morgan fingerprint density at radius 3 is 2.50 bits per heavy atom. The van der Waals surface area contributed by atoms with E-state index >= 15 is 0 Å². The second kappa shape index (κ2) is 9.37. The van der Waals surface area contributed by atoms with Crippen molar-refractivity contribution in [2.45, 2.75) is 19.4 Å². The van der Waals surface area contributed by atoms with Crippen LogP contribution in [0.5, 0.6) is 0 Å². The minimum atomic E-state index is -0.897. The van der Waals surface area contributed by atoms with Crippen LogP contribution in [0.1, 0.15) is 13.3 Å². The summed E-state index contributed by atoms with van der Waals surface area (Å²) in [6, 6.07) is -1.49. The molecule has 0 bridgehead atoms. The first-order valence-corrected chi connectivity index (χ1v) is 5.56. The molecule has 18 heavy (non-hydrogen) atoms. The molecule has 0 spiro atoms. The second-order valence-corrected chi connectivity index (χ2v) is 3.62. The number of imide groups is 1. The van der Waals surface area contributed by atoms with Crippen molar-refractivity contribution in [3.63, 3.8) is 0 Å². The number of hydrogen-bond acceptors (Lipinski definition) is 5. The smallest absolute Gasteiger partial charge is 0.318 e. The molecule has 8 heteroatoms. The van der Waals surface area contributed by atoms with E-state index in [9.17, 15) is 14.4 Å². The molecule has 0 aliphatic heterocycles. The number of nitrogens with one attached hydrogen (secondary N) is 3. The van der Waals surface area contributed by atoms with E-state index in [2.05, 4.69) is 10.6 Å². The van der Waals surface area contributed by atoms with Crippen molar-refractivity contribution in [2.24, 2.45) is 5.73 Å². The number of rotatable bonds is 8. The molecule has 0 saturated heterocycles. The van der Waals surface area contributed by atoms with Crippen molar-refractivity contribution < 1.29 is 19.1 Å². The highest BCUT2D eigenvalue weighted by Crippen LogP contribution is 1.84. The lowest BCUT2D eigenvalue weighted by Crippen LogP contribution is -2.47. The zero-order valence-electron chi connectivity index (χ0n) is 10.6. The van der Waals surface area contributed by atoms with Gasteiger partial charge in [-0.15, -0.1) is 0 Å².